The molecule has 0 unspecified atom stereocenters. The Morgan fingerprint density at radius 3 is 2.55 bits per heavy atom. The number of aromatic nitrogens is 6. The molecule has 7 nitrogen and oxygen atoms in total. The third-order valence-electron chi connectivity index (χ3n) is 7.19. The molecule has 0 saturated carbocycles. The number of nitrogens with one attached hydrogen (secondary N) is 3. The third-order valence-corrected chi connectivity index (χ3v) is 7.19. The van der Waals surface area contributed by atoms with Crippen molar-refractivity contribution in [3.8, 4) is 11.5 Å². The number of hydrogen-bond donors (Lipinski definition) is 3. The fraction of sp³-hybridized carbons (Fsp3) is 0.290. The number of nitrogens with zero attached hydrogens (tertiary/aromatic N) is 4. The Morgan fingerprint density at radius 2 is 1.82 bits per heavy atom. The van der Waals surface area contributed by atoms with E-state index >= 15 is 0 Å². The molecule has 1 saturated heterocycles. The lowest BCUT2D eigenvalue weighted by atomic mass is 9.90. The molecule has 1 aliphatic heterocycles. The molecule has 4 aromatic heterocycles. The second-order valence-corrected chi connectivity index (χ2v) is 9.64. The molecule has 0 radical (unpaired) electrons. The van der Waals surface area contributed by atoms with Gasteiger partial charge in [-0.2, -0.15) is 5.10 Å². The summed E-state index contributed by atoms with van der Waals surface area (Å²) in [6.07, 6.45) is 19.6. The van der Waals surface area contributed by atoms with Crippen LogP contribution >= 0.6 is 0 Å². The molecule has 7 heteroatoms. The molecular weight excluding hydrogens is 470 g/mol. The normalized spacial score (nSPS) is 16.2. The maximum atomic E-state index is 5.04. The largest absolute Gasteiger partial charge is 0.335 e. The number of hydrogen-bond acceptors (Lipinski definition) is 5. The average Bonchev–Trinajstić information content (AvgIpc) is 3.58. The van der Waals surface area contributed by atoms with Gasteiger partial charge in [0.15, 0.2) is 11.5 Å². The summed E-state index contributed by atoms with van der Waals surface area (Å²) in [5, 5.41) is 11.2. The van der Waals surface area contributed by atoms with E-state index in [1.54, 1.807) is 6.20 Å². The summed E-state index contributed by atoms with van der Waals surface area (Å²) in [5.74, 6) is 1.36. The van der Waals surface area contributed by atoms with E-state index in [0.29, 0.717) is 17.4 Å². The van der Waals surface area contributed by atoms with Crippen LogP contribution in [-0.2, 0) is 0 Å². The fourth-order valence-corrected chi connectivity index (χ4v) is 5.13. The Balaban J connectivity index is 1.52. The van der Waals surface area contributed by atoms with Gasteiger partial charge in [0.1, 0.15) is 5.52 Å². The first kappa shape index (κ1) is 25.5. The van der Waals surface area contributed by atoms with Crippen molar-refractivity contribution in [3.63, 3.8) is 0 Å². The zero-order valence-corrected chi connectivity index (χ0v) is 22.4. The summed E-state index contributed by atoms with van der Waals surface area (Å²) >= 11 is 0. The van der Waals surface area contributed by atoms with Gasteiger partial charge in [-0.3, -0.25) is 10.1 Å². The van der Waals surface area contributed by atoms with Crippen molar-refractivity contribution in [2.45, 2.75) is 40.0 Å². The molecular formula is C31H35N7. The first-order valence-electron chi connectivity index (χ1n) is 13.3. The van der Waals surface area contributed by atoms with E-state index in [9.17, 15) is 0 Å². The van der Waals surface area contributed by atoms with Crippen LogP contribution in [0.2, 0.25) is 0 Å². The molecule has 0 spiro atoms. The maximum absolute atomic E-state index is 5.04. The summed E-state index contributed by atoms with van der Waals surface area (Å²) in [4.78, 5) is 17.8. The predicted molar refractivity (Wildman–Crippen MR) is 157 cm³/mol. The zero-order valence-electron chi connectivity index (χ0n) is 22.4. The van der Waals surface area contributed by atoms with Crippen LogP contribution in [-0.4, -0.2) is 43.2 Å². The highest BCUT2D eigenvalue weighted by Crippen LogP contribution is 2.30. The third kappa shape index (κ3) is 5.15. The molecule has 4 aromatic rings. The highest BCUT2D eigenvalue weighted by molar-refractivity contribution is 5.95. The topological polar surface area (TPSA) is 95.2 Å². The minimum absolute atomic E-state index is 0.663. The summed E-state index contributed by atoms with van der Waals surface area (Å²) < 4.78 is 0. The Hall–Kier alpha value is -4.10. The van der Waals surface area contributed by atoms with Gasteiger partial charge >= 0.3 is 0 Å². The molecule has 0 atom stereocenters. The second-order valence-electron chi connectivity index (χ2n) is 9.64. The number of imidazole rings is 1. The van der Waals surface area contributed by atoms with Gasteiger partial charge in [-0.05, 0) is 94.0 Å². The lowest BCUT2D eigenvalue weighted by Crippen LogP contribution is -2.27. The smallest absolute Gasteiger partial charge is 0.161 e. The molecule has 0 aromatic carbocycles. The van der Waals surface area contributed by atoms with E-state index < -0.39 is 0 Å². The van der Waals surface area contributed by atoms with E-state index in [4.69, 9.17) is 9.97 Å². The SMILES string of the molecule is C=C/C(=C\C(=C/C)c1ccc2[nH]nc(-c3nc4c(C(/C=C\C)=C/C)cncc4[nH]3)c2n1)CC1CCNCC1. The monoisotopic (exact) mass is 505 g/mol. The molecule has 0 amide bonds. The highest BCUT2D eigenvalue weighted by atomic mass is 15.1. The van der Waals surface area contributed by atoms with E-state index in [2.05, 4.69) is 63.3 Å². The van der Waals surface area contributed by atoms with Crippen LogP contribution in [0.4, 0.5) is 0 Å². The maximum Gasteiger partial charge on any atom is 0.161 e. The Morgan fingerprint density at radius 1 is 1.00 bits per heavy atom. The second kappa shape index (κ2) is 11.5. The van der Waals surface area contributed by atoms with Crippen molar-refractivity contribution in [1.82, 2.24) is 35.5 Å². The van der Waals surface area contributed by atoms with Crippen molar-refractivity contribution < 1.29 is 0 Å². The summed E-state index contributed by atoms with van der Waals surface area (Å²) in [7, 11) is 0. The van der Waals surface area contributed by atoms with Crippen molar-refractivity contribution in [1.29, 1.82) is 0 Å². The first-order valence-corrected chi connectivity index (χ1v) is 13.3. The number of allylic oxidation sites excluding steroid dienone is 9. The molecule has 5 heterocycles. The molecule has 0 bridgehead atoms. The Kier molecular flexibility index (Phi) is 7.75. The quantitative estimate of drug-likeness (QED) is 0.229. The lowest BCUT2D eigenvalue weighted by molar-refractivity contribution is 0.374. The Labute approximate surface area is 223 Å². The molecule has 1 aliphatic rings. The van der Waals surface area contributed by atoms with E-state index in [0.717, 1.165) is 64.0 Å². The number of fused-ring (bicyclic) bond motifs is 2. The van der Waals surface area contributed by atoms with Gasteiger partial charge in [-0.1, -0.05) is 37.0 Å². The number of rotatable bonds is 8. The minimum Gasteiger partial charge on any atom is -0.335 e. The molecule has 0 aliphatic carbocycles. The number of aromatic amines is 2. The summed E-state index contributed by atoms with van der Waals surface area (Å²) in [5.41, 5.74) is 9.32. The van der Waals surface area contributed by atoms with Crippen molar-refractivity contribution >= 4 is 33.2 Å². The van der Waals surface area contributed by atoms with Crippen LogP contribution < -0.4 is 5.32 Å². The van der Waals surface area contributed by atoms with Gasteiger partial charge in [0.05, 0.1) is 28.4 Å². The van der Waals surface area contributed by atoms with Crippen LogP contribution in [0.5, 0.6) is 0 Å². The van der Waals surface area contributed by atoms with E-state index in [1.165, 1.54) is 18.4 Å². The van der Waals surface area contributed by atoms with Crippen LogP contribution in [0.1, 0.15) is 51.3 Å². The number of H-pyrrole nitrogens is 2. The van der Waals surface area contributed by atoms with Crippen molar-refractivity contribution in [3.05, 3.63) is 84.4 Å². The van der Waals surface area contributed by atoms with Crippen LogP contribution in [0.3, 0.4) is 0 Å². The van der Waals surface area contributed by atoms with Gasteiger partial charge in [0, 0.05) is 11.8 Å². The zero-order chi connectivity index (χ0) is 26.5. The van der Waals surface area contributed by atoms with Crippen LogP contribution in [0, 0.1) is 5.92 Å². The minimum atomic E-state index is 0.663. The molecule has 3 N–H and O–H groups in total. The predicted octanol–water partition coefficient (Wildman–Crippen LogP) is 6.78. The lowest BCUT2D eigenvalue weighted by Gasteiger charge is -2.23. The van der Waals surface area contributed by atoms with E-state index in [-0.39, 0.29) is 0 Å². The fourth-order valence-electron chi connectivity index (χ4n) is 5.13. The van der Waals surface area contributed by atoms with Gasteiger partial charge < -0.3 is 10.3 Å². The first-order chi connectivity index (χ1) is 18.6. The van der Waals surface area contributed by atoms with Gasteiger partial charge in [0.25, 0.3) is 0 Å². The molecule has 194 valence electrons. The van der Waals surface area contributed by atoms with Crippen molar-refractivity contribution in [2.24, 2.45) is 5.92 Å². The van der Waals surface area contributed by atoms with Gasteiger partial charge in [-0.25, -0.2) is 9.97 Å². The van der Waals surface area contributed by atoms with Crippen molar-refractivity contribution in [2.75, 3.05) is 13.1 Å². The van der Waals surface area contributed by atoms with Crippen LogP contribution in [0.15, 0.2) is 73.1 Å². The molecule has 5 rings (SSSR count). The summed E-state index contributed by atoms with van der Waals surface area (Å²) in [6, 6.07) is 4.07. The number of pyridine rings is 2. The van der Waals surface area contributed by atoms with Crippen LogP contribution in [0.25, 0.3) is 44.7 Å². The van der Waals surface area contributed by atoms with E-state index in [1.807, 2.05) is 44.3 Å². The standard InChI is InChI=1S/C31H35N7/c1-5-9-22(7-3)24-18-33-19-27-28(24)36-31(35-27)30-29-26(37-38-30)11-10-25(34-29)23(8-4)17-20(6-2)16-21-12-14-32-15-13-21/h5-11,17-19,21,32H,2,12-16H2,1,3-4H3,(H,35,36)(H,37,38)/b9-5-,20-17+,22-7+,23-8+. The molecule has 1 fully saturated rings. The molecule has 38 heavy (non-hydrogen) atoms. The van der Waals surface area contributed by atoms with Gasteiger partial charge in [-0.15, -0.1) is 0 Å². The number of piperidine rings is 1. The average molecular weight is 506 g/mol. The summed E-state index contributed by atoms with van der Waals surface area (Å²) in [6.45, 7) is 12.4. The highest BCUT2D eigenvalue weighted by Gasteiger charge is 2.18. The Bertz CT molecular complexity index is 1570. The van der Waals surface area contributed by atoms with Gasteiger partial charge in [0.2, 0.25) is 0 Å².